The van der Waals surface area contributed by atoms with Gasteiger partial charge in [-0.2, -0.15) is 13.2 Å². The maximum atomic E-state index is 12.9. The van der Waals surface area contributed by atoms with E-state index >= 15 is 0 Å². The van der Waals surface area contributed by atoms with Crippen LogP contribution in [0, 0.1) is 5.82 Å². The third kappa shape index (κ3) is 4.92. The fourth-order valence-electron chi connectivity index (χ4n) is 2.00. The van der Waals surface area contributed by atoms with Gasteiger partial charge in [-0.15, -0.1) is 11.3 Å². The molecule has 1 aromatic carbocycles. The van der Waals surface area contributed by atoms with Crippen LogP contribution in [0.3, 0.4) is 0 Å². The molecule has 0 saturated carbocycles. The predicted molar refractivity (Wildman–Crippen MR) is 85.2 cm³/mol. The Morgan fingerprint density at radius 1 is 1.29 bits per heavy atom. The summed E-state index contributed by atoms with van der Waals surface area (Å²) in [4.78, 5) is 9.42. The van der Waals surface area contributed by atoms with E-state index in [9.17, 15) is 17.6 Å². The van der Waals surface area contributed by atoms with E-state index in [0.717, 1.165) is 22.3 Å². The number of rotatable bonds is 4. The summed E-state index contributed by atoms with van der Waals surface area (Å²) in [6.45, 7) is 0.618. The molecule has 0 radical (unpaired) electrons. The number of halogens is 4. The van der Waals surface area contributed by atoms with Crippen molar-refractivity contribution >= 4 is 17.3 Å². The SMILES string of the molecule is CN=C(NCc1nc(C(F)(F)F)cs1)N(C)Cc1ccc(F)cc1. The molecule has 0 aliphatic carbocycles. The smallest absolute Gasteiger partial charge is 0.350 e. The zero-order valence-electron chi connectivity index (χ0n) is 13.1. The van der Waals surface area contributed by atoms with Gasteiger partial charge in [0.25, 0.3) is 0 Å². The number of thiazole rings is 1. The van der Waals surface area contributed by atoms with E-state index in [2.05, 4.69) is 15.3 Å². The molecule has 0 spiro atoms. The van der Waals surface area contributed by atoms with Crippen molar-refractivity contribution < 1.29 is 17.6 Å². The first kappa shape index (κ1) is 18.2. The van der Waals surface area contributed by atoms with Crippen molar-refractivity contribution in [3.63, 3.8) is 0 Å². The number of guanidine groups is 1. The predicted octanol–water partition coefficient (Wildman–Crippen LogP) is 3.51. The first-order chi connectivity index (χ1) is 11.3. The number of benzene rings is 1. The summed E-state index contributed by atoms with van der Waals surface area (Å²) in [5.74, 6) is 0.191. The molecule has 130 valence electrons. The topological polar surface area (TPSA) is 40.5 Å². The van der Waals surface area contributed by atoms with E-state index in [1.165, 1.54) is 12.1 Å². The molecule has 0 fully saturated rings. The van der Waals surface area contributed by atoms with Gasteiger partial charge in [0.1, 0.15) is 10.8 Å². The van der Waals surface area contributed by atoms with Gasteiger partial charge in [0.05, 0.1) is 6.54 Å². The van der Waals surface area contributed by atoms with Crippen LogP contribution in [0.4, 0.5) is 17.6 Å². The van der Waals surface area contributed by atoms with Crippen LogP contribution in [0.25, 0.3) is 0 Å². The van der Waals surface area contributed by atoms with Crippen LogP contribution in [0.1, 0.15) is 16.3 Å². The highest BCUT2D eigenvalue weighted by atomic mass is 32.1. The van der Waals surface area contributed by atoms with Crippen molar-refractivity contribution in [3.05, 3.63) is 51.7 Å². The number of alkyl halides is 3. The number of nitrogens with one attached hydrogen (secondary N) is 1. The van der Waals surface area contributed by atoms with E-state index in [1.54, 1.807) is 31.1 Å². The summed E-state index contributed by atoms with van der Waals surface area (Å²) in [5.41, 5.74) is -0.00518. The van der Waals surface area contributed by atoms with Crippen LogP contribution in [0.2, 0.25) is 0 Å². The molecule has 1 heterocycles. The molecule has 2 aromatic rings. The van der Waals surface area contributed by atoms with Crippen molar-refractivity contribution in [1.82, 2.24) is 15.2 Å². The molecule has 0 amide bonds. The van der Waals surface area contributed by atoms with E-state index in [4.69, 9.17) is 0 Å². The number of aromatic nitrogens is 1. The summed E-state index contributed by atoms with van der Waals surface area (Å²) in [6.07, 6.45) is -4.43. The fourth-order valence-corrected chi connectivity index (χ4v) is 2.74. The lowest BCUT2D eigenvalue weighted by molar-refractivity contribution is -0.140. The van der Waals surface area contributed by atoms with Gasteiger partial charge in [-0.05, 0) is 17.7 Å². The molecule has 0 saturated heterocycles. The quantitative estimate of drug-likeness (QED) is 0.515. The highest BCUT2D eigenvalue weighted by Crippen LogP contribution is 2.29. The Balaban J connectivity index is 1.94. The average molecular weight is 360 g/mol. The fraction of sp³-hybridized carbons (Fsp3) is 0.333. The van der Waals surface area contributed by atoms with Gasteiger partial charge in [-0.25, -0.2) is 9.37 Å². The molecule has 2 rings (SSSR count). The summed E-state index contributed by atoms with van der Waals surface area (Å²) < 4.78 is 50.5. The van der Waals surface area contributed by atoms with Gasteiger partial charge >= 0.3 is 6.18 Å². The van der Waals surface area contributed by atoms with Crippen molar-refractivity contribution in [2.45, 2.75) is 19.3 Å². The largest absolute Gasteiger partial charge is 0.434 e. The van der Waals surface area contributed by atoms with Gasteiger partial charge in [0.15, 0.2) is 11.7 Å². The molecular weight excluding hydrogens is 344 g/mol. The van der Waals surface area contributed by atoms with Crippen LogP contribution < -0.4 is 5.32 Å². The van der Waals surface area contributed by atoms with Crippen LogP contribution in [0.5, 0.6) is 0 Å². The molecule has 0 aliphatic rings. The Morgan fingerprint density at radius 2 is 1.96 bits per heavy atom. The van der Waals surface area contributed by atoms with E-state index < -0.39 is 11.9 Å². The number of aliphatic imine (C=N–C) groups is 1. The Hall–Kier alpha value is -2.16. The first-order valence-electron chi connectivity index (χ1n) is 6.97. The number of nitrogens with zero attached hydrogens (tertiary/aromatic N) is 3. The molecule has 1 aromatic heterocycles. The standard InChI is InChI=1S/C15H16F4N4S/c1-20-14(23(2)8-10-3-5-11(16)6-4-10)21-7-13-22-12(9-24-13)15(17,18)19/h3-6,9H,7-8H2,1-2H3,(H,20,21). The molecule has 0 bridgehead atoms. The maximum Gasteiger partial charge on any atom is 0.434 e. The lowest BCUT2D eigenvalue weighted by atomic mass is 10.2. The normalized spacial score (nSPS) is 12.3. The van der Waals surface area contributed by atoms with Gasteiger partial charge in [-0.3, -0.25) is 4.99 Å². The summed E-state index contributed by atoms with van der Waals surface area (Å²) in [5, 5.41) is 4.27. The van der Waals surface area contributed by atoms with Gasteiger partial charge < -0.3 is 10.2 Å². The first-order valence-corrected chi connectivity index (χ1v) is 7.85. The number of hydrogen-bond donors (Lipinski definition) is 1. The zero-order chi connectivity index (χ0) is 17.7. The maximum absolute atomic E-state index is 12.9. The summed E-state index contributed by atoms with van der Waals surface area (Å²) >= 11 is 0.937. The Bertz CT molecular complexity index is 694. The van der Waals surface area contributed by atoms with Crippen molar-refractivity contribution in [1.29, 1.82) is 0 Å². The van der Waals surface area contributed by atoms with E-state index in [1.807, 2.05) is 0 Å². The Kier molecular flexibility index (Phi) is 5.76. The van der Waals surface area contributed by atoms with Crippen LogP contribution in [-0.4, -0.2) is 29.9 Å². The second-order valence-corrected chi connectivity index (χ2v) is 5.95. The third-order valence-electron chi connectivity index (χ3n) is 3.15. The third-order valence-corrected chi connectivity index (χ3v) is 4.00. The molecule has 9 heteroatoms. The molecule has 0 unspecified atom stereocenters. The van der Waals surface area contributed by atoms with Crippen LogP contribution >= 0.6 is 11.3 Å². The highest BCUT2D eigenvalue weighted by Gasteiger charge is 2.33. The van der Waals surface area contributed by atoms with Gasteiger partial charge in [0.2, 0.25) is 0 Å². The van der Waals surface area contributed by atoms with Crippen molar-refractivity contribution in [2.24, 2.45) is 4.99 Å². The van der Waals surface area contributed by atoms with Crippen LogP contribution in [0.15, 0.2) is 34.6 Å². The second-order valence-electron chi connectivity index (χ2n) is 5.01. The molecule has 24 heavy (non-hydrogen) atoms. The Morgan fingerprint density at radius 3 is 2.50 bits per heavy atom. The minimum Gasteiger partial charge on any atom is -0.350 e. The van der Waals surface area contributed by atoms with E-state index in [-0.39, 0.29) is 12.4 Å². The molecular formula is C15H16F4N4S. The lowest BCUT2D eigenvalue weighted by Crippen LogP contribution is -2.38. The molecule has 0 aliphatic heterocycles. The lowest BCUT2D eigenvalue weighted by Gasteiger charge is -2.21. The minimum absolute atomic E-state index is 0.140. The molecule has 1 N–H and O–H groups in total. The monoisotopic (exact) mass is 360 g/mol. The molecule has 4 nitrogen and oxygen atoms in total. The highest BCUT2D eigenvalue weighted by molar-refractivity contribution is 7.09. The summed E-state index contributed by atoms with van der Waals surface area (Å²) in [7, 11) is 3.36. The van der Waals surface area contributed by atoms with E-state index in [0.29, 0.717) is 17.5 Å². The zero-order valence-corrected chi connectivity index (χ0v) is 13.9. The van der Waals surface area contributed by atoms with Crippen molar-refractivity contribution in [2.75, 3.05) is 14.1 Å². The van der Waals surface area contributed by atoms with Crippen LogP contribution in [-0.2, 0) is 19.3 Å². The number of hydrogen-bond acceptors (Lipinski definition) is 3. The molecule has 0 atom stereocenters. The van der Waals surface area contributed by atoms with Gasteiger partial charge in [-0.1, -0.05) is 12.1 Å². The second kappa shape index (κ2) is 7.61. The average Bonchev–Trinajstić information content (AvgIpc) is 2.99. The van der Waals surface area contributed by atoms with Gasteiger partial charge in [0, 0.05) is 26.0 Å². The van der Waals surface area contributed by atoms with Crippen molar-refractivity contribution in [3.8, 4) is 0 Å². The minimum atomic E-state index is -4.43. The Labute approximate surface area is 140 Å². The summed E-state index contributed by atoms with van der Waals surface area (Å²) in [6, 6.07) is 6.06.